The molecule has 0 bridgehead atoms. The van der Waals surface area contributed by atoms with Gasteiger partial charge in [-0.2, -0.15) is 0 Å². The van der Waals surface area contributed by atoms with Crippen LogP contribution in [-0.2, 0) is 9.53 Å². The van der Waals surface area contributed by atoms with Gasteiger partial charge in [-0.3, -0.25) is 4.79 Å². The number of carbonyl (C=O) groups is 1. The molecule has 3 heterocycles. The van der Waals surface area contributed by atoms with Gasteiger partial charge in [0.2, 0.25) is 5.95 Å². The number of amides is 1. The van der Waals surface area contributed by atoms with E-state index >= 15 is 0 Å². The number of ether oxygens (including phenoxy) is 1. The molecule has 3 rings (SSSR count). The lowest BCUT2D eigenvalue weighted by molar-refractivity contribution is -0.124. The molecule has 1 aromatic heterocycles. The fourth-order valence-corrected chi connectivity index (χ4v) is 2.56. The minimum Gasteiger partial charge on any atom is -0.368 e. The predicted molar refractivity (Wildman–Crippen MR) is 79.3 cm³/mol. The molecular formula is C14H21N5O2. The number of piperazine rings is 1. The van der Waals surface area contributed by atoms with Crippen LogP contribution in [0.2, 0.25) is 0 Å². The van der Waals surface area contributed by atoms with Gasteiger partial charge in [0.1, 0.15) is 6.10 Å². The molecule has 0 saturated carbocycles. The van der Waals surface area contributed by atoms with Crippen molar-refractivity contribution in [3.63, 3.8) is 0 Å². The molecule has 1 N–H and O–H groups in total. The summed E-state index contributed by atoms with van der Waals surface area (Å²) in [6, 6.07) is 0. The third-order valence-corrected chi connectivity index (χ3v) is 3.91. The van der Waals surface area contributed by atoms with Gasteiger partial charge in [0.25, 0.3) is 5.91 Å². The Labute approximate surface area is 124 Å². The Bertz CT molecular complexity index is 479. The van der Waals surface area contributed by atoms with Crippen LogP contribution in [-0.4, -0.2) is 66.7 Å². The van der Waals surface area contributed by atoms with E-state index in [1.165, 1.54) is 0 Å². The lowest BCUT2D eigenvalue weighted by atomic mass is 10.2. The van der Waals surface area contributed by atoms with E-state index in [2.05, 4.69) is 32.1 Å². The van der Waals surface area contributed by atoms with Crippen LogP contribution in [0.3, 0.4) is 0 Å². The first-order chi connectivity index (χ1) is 10.2. The number of aromatic nitrogens is 2. The Morgan fingerprint density at radius 2 is 2.00 bits per heavy atom. The van der Waals surface area contributed by atoms with Crippen LogP contribution in [0, 0.1) is 0 Å². The third kappa shape index (κ3) is 3.48. The van der Waals surface area contributed by atoms with Crippen LogP contribution in [0.25, 0.3) is 0 Å². The van der Waals surface area contributed by atoms with Gasteiger partial charge in [0, 0.05) is 32.8 Å². The third-order valence-electron chi connectivity index (χ3n) is 3.91. The minimum atomic E-state index is -0.331. The first kappa shape index (κ1) is 14.2. The zero-order valence-electron chi connectivity index (χ0n) is 12.3. The van der Waals surface area contributed by atoms with Crippen molar-refractivity contribution in [3.05, 3.63) is 12.4 Å². The van der Waals surface area contributed by atoms with E-state index < -0.39 is 0 Å². The summed E-state index contributed by atoms with van der Waals surface area (Å²) >= 11 is 0. The number of hydrogen-bond donors (Lipinski definition) is 1. The van der Waals surface area contributed by atoms with Crippen LogP contribution < -0.4 is 10.2 Å². The van der Waals surface area contributed by atoms with Crippen molar-refractivity contribution in [3.8, 4) is 0 Å². The summed E-state index contributed by atoms with van der Waals surface area (Å²) in [6.45, 7) is 4.55. The number of likely N-dealkylation sites (N-methyl/N-ethyl adjacent to an activating group) is 1. The van der Waals surface area contributed by atoms with Crippen molar-refractivity contribution in [1.82, 2.24) is 14.9 Å². The molecule has 0 radical (unpaired) electrons. The lowest BCUT2D eigenvalue weighted by Crippen LogP contribution is -2.45. The van der Waals surface area contributed by atoms with Crippen LogP contribution in [0.15, 0.2) is 12.4 Å². The molecule has 0 unspecified atom stereocenters. The predicted octanol–water partition coefficient (Wildman–Crippen LogP) is 0.346. The van der Waals surface area contributed by atoms with E-state index in [1.807, 2.05) is 0 Å². The van der Waals surface area contributed by atoms with Crippen molar-refractivity contribution in [1.29, 1.82) is 0 Å². The smallest absolute Gasteiger partial charge is 0.253 e. The Balaban J connectivity index is 1.57. The van der Waals surface area contributed by atoms with Gasteiger partial charge < -0.3 is 19.9 Å². The standard InChI is InChI=1S/C14H21N5O2/c1-18-4-6-19(7-5-18)14-15-9-11(10-16-14)17-13(20)12-3-2-8-21-12/h9-10,12H,2-8H2,1H3,(H,17,20)/t12-/m0/s1. The van der Waals surface area contributed by atoms with E-state index in [-0.39, 0.29) is 12.0 Å². The number of carbonyl (C=O) groups excluding carboxylic acids is 1. The maximum Gasteiger partial charge on any atom is 0.253 e. The first-order valence-corrected chi connectivity index (χ1v) is 7.40. The molecule has 2 aliphatic heterocycles. The van der Waals surface area contributed by atoms with E-state index in [0.717, 1.165) is 45.0 Å². The molecule has 0 aliphatic carbocycles. The lowest BCUT2D eigenvalue weighted by Gasteiger charge is -2.32. The van der Waals surface area contributed by atoms with Crippen molar-refractivity contribution in [2.45, 2.75) is 18.9 Å². The monoisotopic (exact) mass is 291 g/mol. The Morgan fingerprint density at radius 1 is 1.29 bits per heavy atom. The SMILES string of the molecule is CN1CCN(c2ncc(NC(=O)[C@@H]3CCCO3)cn2)CC1. The van der Waals surface area contributed by atoms with Crippen LogP contribution in [0.4, 0.5) is 11.6 Å². The quantitative estimate of drug-likeness (QED) is 0.866. The van der Waals surface area contributed by atoms with E-state index in [1.54, 1.807) is 12.4 Å². The number of nitrogens with zero attached hydrogens (tertiary/aromatic N) is 4. The van der Waals surface area contributed by atoms with E-state index in [4.69, 9.17) is 4.74 Å². The van der Waals surface area contributed by atoms with Gasteiger partial charge >= 0.3 is 0 Å². The number of rotatable bonds is 3. The zero-order chi connectivity index (χ0) is 14.7. The first-order valence-electron chi connectivity index (χ1n) is 7.40. The van der Waals surface area contributed by atoms with Gasteiger partial charge in [-0.25, -0.2) is 9.97 Å². The fourth-order valence-electron chi connectivity index (χ4n) is 2.56. The molecule has 2 aliphatic rings. The van der Waals surface area contributed by atoms with Crippen LogP contribution in [0.5, 0.6) is 0 Å². The van der Waals surface area contributed by atoms with Crippen LogP contribution >= 0.6 is 0 Å². The van der Waals surface area contributed by atoms with E-state index in [9.17, 15) is 4.79 Å². The maximum absolute atomic E-state index is 11.9. The Morgan fingerprint density at radius 3 is 2.62 bits per heavy atom. The Kier molecular flexibility index (Phi) is 4.31. The fraction of sp³-hybridized carbons (Fsp3) is 0.643. The number of anilines is 2. The summed E-state index contributed by atoms with van der Waals surface area (Å²) < 4.78 is 5.35. The molecule has 7 heteroatoms. The molecule has 0 aromatic carbocycles. The molecule has 1 aromatic rings. The van der Waals surface area contributed by atoms with Crippen molar-refractivity contribution in [2.24, 2.45) is 0 Å². The van der Waals surface area contributed by atoms with Gasteiger partial charge in [-0.05, 0) is 19.9 Å². The van der Waals surface area contributed by atoms with Crippen molar-refractivity contribution >= 4 is 17.5 Å². The second kappa shape index (κ2) is 6.36. The second-order valence-corrected chi connectivity index (χ2v) is 5.55. The number of hydrogen-bond acceptors (Lipinski definition) is 6. The summed E-state index contributed by atoms with van der Waals surface area (Å²) in [7, 11) is 2.11. The second-order valence-electron chi connectivity index (χ2n) is 5.55. The maximum atomic E-state index is 11.9. The van der Waals surface area contributed by atoms with Gasteiger partial charge in [-0.15, -0.1) is 0 Å². The molecule has 7 nitrogen and oxygen atoms in total. The summed E-state index contributed by atoms with van der Waals surface area (Å²) in [4.78, 5) is 25.1. The highest BCUT2D eigenvalue weighted by Crippen LogP contribution is 2.16. The van der Waals surface area contributed by atoms with Gasteiger partial charge in [0.05, 0.1) is 18.1 Å². The zero-order valence-corrected chi connectivity index (χ0v) is 12.3. The summed E-state index contributed by atoms with van der Waals surface area (Å²) in [5, 5.41) is 2.81. The van der Waals surface area contributed by atoms with Gasteiger partial charge in [-0.1, -0.05) is 0 Å². The summed E-state index contributed by atoms with van der Waals surface area (Å²) in [5.74, 6) is 0.613. The van der Waals surface area contributed by atoms with Crippen LogP contribution in [0.1, 0.15) is 12.8 Å². The van der Waals surface area contributed by atoms with E-state index in [0.29, 0.717) is 12.3 Å². The van der Waals surface area contributed by atoms with Crippen molar-refractivity contribution < 1.29 is 9.53 Å². The highest BCUT2D eigenvalue weighted by Gasteiger charge is 2.23. The topological polar surface area (TPSA) is 70.6 Å². The minimum absolute atomic E-state index is 0.108. The average Bonchev–Trinajstić information content (AvgIpc) is 3.03. The molecule has 2 fully saturated rings. The highest BCUT2D eigenvalue weighted by atomic mass is 16.5. The molecule has 1 amide bonds. The molecule has 1 atom stereocenters. The summed E-state index contributed by atoms with van der Waals surface area (Å²) in [5.41, 5.74) is 0.619. The highest BCUT2D eigenvalue weighted by molar-refractivity contribution is 5.94. The average molecular weight is 291 g/mol. The normalized spacial score (nSPS) is 23.3. The van der Waals surface area contributed by atoms with Crippen molar-refractivity contribution in [2.75, 3.05) is 50.1 Å². The largest absolute Gasteiger partial charge is 0.368 e. The molecule has 21 heavy (non-hydrogen) atoms. The molecule has 2 saturated heterocycles. The van der Waals surface area contributed by atoms with Gasteiger partial charge in [0.15, 0.2) is 0 Å². The number of nitrogens with one attached hydrogen (secondary N) is 1. The molecule has 114 valence electrons. The molecule has 0 spiro atoms. The molecular weight excluding hydrogens is 270 g/mol. The summed E-state index contributed by atoms with van der Waals surface area (Å²) in [6.07, 6.45) is 4.71. The Hall–Kier alpha value is -1.73.